The van der Waals surface area contributed by atoms with E-state index in [0.29, 0.717) is 24.0 Å². The first-order valence-corrected chi connectivity index (χ1v) is 8.18. The number of likely N-dealkylation sites (tertiary alicyclic amines) is 1. The van der Waals surface area contributed by atoms with Crippen LogP contribution in [0, 0.1) is 0 Å². The van der Waals surface area contributed by atoms with Crippen molar-refractivity contribution in [3.63, 3.8) is 0 Å². The molecule has 3 rings (SSSR count). The summed E-state index contributed by atoms with van der Waals surface area (Å²) in [6.07, 6.45) is 3.38. The Balaban J connectivity index is 2.10. The largest absolute Gasteiger partial charge is 0.493 e. The quantitative estimate of drug-likeness (QED) is 0.847. The lowest BCUT2D eigenvalue weighted by molar-refractivity contribution is 0.0634. The van der Waals surface area contributed by atoms with Crippen molar-refractivity contribution in [1.82, 2.24) is 4.90 Å². The summed E-state index contributed by atoms with van der Waals surface area (Å²) in [6.45, 7) is 5.50. The monoisotopic (exact) mass is 297 g/mol. The fourth-order valence-corrected chi connectivity index (χ4v) is 3.29. The summed E-state index contributed by atoms with van der Waals surface area (Å²) in [5, 5.41) is 2.06. The van der Waals surface area contributed by atoms with Crippen molar-refractivity contribution < 1.29 is 9.53 Å². The highest BCUT2D eigenvalue weighted by molar-refractivity contribution is 6.09. The lowest BCUT2D eigenvalue weighted by Gasteiger charge is -2.34. The molecular formula is C19H23NO2. The van der Waals surface area contributed by atoms with Crippen molar-refractivity contribution in [1.29, 1.82) is 0 Å². The molecule has 1 heterocycles. The smallest absolute Gasteiger partial charge is 0.258 e. The Hall–Kier alpha value is -2.03. The van der Waals surface area contributed by atoms with E-state index in [4.69, 9.17) is 4.74 Å². The Bertz CT molecular complexity index is 680. The number of ether oxygens (including phenoxy) is 1. The van der Waals surface area contributed by atoms with Gasteiger partial charge in [0, 0.05) is 12.6 Å². The van der Waals surface area contributed by atoms with Crippen LogP contribution in [0.3, 0.4) is 0 Å². The Morgan fingerprint density at radius 1 is 1.23 bits per heavy atom. The molecule has 1 unspecified atom stereocenters. The number of hydrogen-bond donors (Lipinski definition) is 0. The van der Waals surface area contributed by atoms with E-state index in [0.717, 1.165) is 30.2 Å². The third kappa shape index (κ3) is 2.68. The Kier molecular flexibility index (Phi) is 4.32. The molecule has 22 heavy (non-hydrogen) atoms. The molecular weight excluding hydrogens is 274 g/mol. The highest BCUT2D eigenvalue weighted by atomic mass is 16.5. The number of carbonyl (C=O) groups is 1. The van der Waals surface area contributed by atoms with E-state index < -0.39 is 0 Å². The number of carbonyl (C=O) groups excluding carboxylic acids is 1. The number of nitrogens with zero attached hydrogens (tertiary/aromatic N) is 1. The zero-order chi connectivity index (χ0) is 15.5. The van der Waals surface area contributed by atoms with Crippen molar-refractivity contribution in [2.45, 2.75) is 39.2 Å². The van der Waals surface area contributed by atoms with Crippen LogP contribution >= 0.6 is 0 Å². The number of benzene rings is 2. The standard InChI is InChI=1S/C19H23NO2/c1-3-22-17-12-11-15-9-4-5-10-16(15)18(17)19(21)20-13-7-6-8-14(20)2/h4-5,9-12,14H,3,6-8,13H2,1-2H3. The molecule has 3 nitrogen and oxygen atoms in total. The maximum atomic E-state index is 13.2. The first kappa shape index (κ1) is 14.9. The molecule has 0 radical (unpaired) electrons. The van der Waals surface area contributed by atoms with Crippen LogP contribution in [0.5, 0.6) is 5.75 Å². The van der Waals surface area contributed by atoms with Crippen LogP contribution in [-0.2, 0) is 0 Å². The van der Waals surface area contributed by atoms with E-state index in [2.05, 4.69) is 6.92 Å². The van der Waals surface area contributed by atoms with Gasteiger partial charge in [-0.1, -0.05) is 30.3 Å². The third-order valence-electron chi connectivity index (χ3n) is 4.47. The van der Waals surface area contributed by atoms with Gasteiger partial charge in [0.15, 0.2) is 0 Å². The summed E-state index contributed by atoms with van der Waals surface area (Å²) in [5.74, 6) is 0.802. The Morgan fingerprint density at radius 2 is 2.05 bits per heavy atom. The van der Waals surface area contributed by atoms with Gasteiger partial charge in [-0.05, 0) is 49.9 Å². The molecule has 1 saturated heterocycles. The zero-order valence-electron chi connectivity index (χ0n) is 13.3. The minimum absolute atomic E-state index is 0.104. The summed E-state index contributed by atoms with van der Waals surface area (Å²) < 4.78 is 5.74. The molecule has 0 aliphatic carbocycles. The van der Waals surface area contributed by atoms with Gasteiger partial charge in [-0.2, -0.15) is 0 Å². The van der Waals surface area contributed by atoms with E-state index in [-0.39, 0.29) is 5.91 Å². The predicted octanol–water partition coefficient (Wildman–Crippen LogP) is 4.25. The van der Waals surface area contributed by atoms with Crippen LogP contribution in [0.4, 0.5) is 0 Å². The second-order valence-corrected chi connectivity index (χ2v) is 5.94. The molecule has 1 aliphatic rings. The van der Waals surface area contributed by atoms with Crippen molar-refractivity contribution in [2.24, 2.45) is 0 Å². The molecule has 1 atom stereocenters. The van der Waals surface area contributed by atoms with Gasteiger partial charge in [0.1, 0.15) is 5.75 Å². The van der Waals surface area contributed by atoms with Gasteiger partial charge in [0.05, 0.1) is 12.2 Å². The number of rotatable bonds is 3. The molecule has 0 N–H and O–H groups in total. The topological polar surface area (TPSA) is 29.5 Å². The number of amides is 1. The molecule has 116 valence electrons. The second kappa shape index (κ2) is 6.39. The summed E-state index contributed by atoms with van der Waals surface area (Å²) >= 11 is 0. The first-order valence-electron chi connectivity index (χ1n) is 8.18. The molecule has 1 amide bonds. The molecule has 2 aromatic rings. The second-order valence-electron chi connectivity index (χ2n) is 5.94. The molecule has 1 fully saturated rings. The maximum absolute atomic E-state index is 13.2. The fourth-order valence-electron chi connectivity index (χ4n) is 3.29. The first-order chi connectivity index (χ1) is 10.7. The highest BCUT2D eigenvalue weighted by Crippen LogP contribution is 2.31. The van der Waals surface area contributed by atoms with E-state index in [1.54, 1.807) is 0 Å². The van der Waals surface area contributed by atoms with Crippen molar-refractivity contribution in [3.05, 3.63) is 42.0 Å². The molecule has 2 aromatic carbocycles. The molecule has 0 saturated carbocycles. The van der Waals surface area contributed by atoms with Crippen LogP contribution < -0.4 is 4.74 Å². The van der Waals surface area contributed by atoms with Gasteiger partial charge in [-0.3, -0.25) is 4.79 Å². The van der Waals surface area contributed by atoms with E-state index in [1.165, 1.54) is 6.42 Å². The van der Waals surface area contributed by atoms with Gasteiger partial charge < -0.3 is 9.64 Å². The SMILES string of the molecule is CCOc1ccc2ccccc2c1C(=O)N1CCCCC1C. The third-order valence-corrected chi connectivity index (χ3v) is 4.47. The van der Waals surface area contributed by atoms with Crippen LogP contribution in [0.1, 0.15) is 43.5 Å². The number of hydrogen-bond acceptors (Lipinski definition) is 2. The van der Waals surface area contributed by atoms with Crippen molar-refractivity contribution in [3.8, 4) is 5.75 Å². The summed E-state index contributed by atoms with van der Waals surface area (Å²) in [7, 11) is 0. The lowest BCUT2D eigenvalue weighted by atomic mass is 9.98. The Morgan fingerprint density at radius 3 is 2.82 bits per heavy atom. The normalized spacial score (nSPS) is 18.5. The van der Waals surface area contributed by atoms with Gasteiger partial charge in [-0.15, -0.1) is 0 Å². The van der Waals surface area contributed by atoms with Crippen LogP contribution in [0.15, 0.2) is 36.4 Å². The van der Waals surface area contributed by atoms with Crippen molar-refractivity contribution >= 4 is 16.7 Å². The molecule has 0 bridgehead atoms. The van der Waals surface area contributed by atoms with Gasteiger partial charge in [-0.25, -0.2) is 0 Å². The van der Waals surface area contributed by atoms with E-state index in [9.17, 15) is 4.79 Å². The number of fused-ring (bicyclic) bond motifs is 1. The average molecular weight is 297 g/mol. The highest BCUT2D eigenvalue weighted by Gasteiger charge is 2.27. The molecule has 0 spiro atoms. The van der Waals surface area contributed by atoms with Gasteiger partial charge in [0.25, 0.3) is 5.91 Å². The summed E-state index contributed by atoms with van der Waals surface area (Å²) in [5.41, 5.74) is 0.716. The summed E-state index contributed by atoms with van der Waals surface area (Å²) in [6, 6.07) is 12.3. The molecule has 3 heteroatoms. The van der Waals surface area contributed by atoms with Gasteiger partial charge in [0.2, 0.25) is 0 Å². The Labute approximate surface area is 131 Å². The predicted molar refractivity (Wildman–Crippen MR) is 89.5 cm³/mol. The minimum Gasteiger partial charge on any atom is -0.493 e. The van der Waals surface area contributed by atoms with E-state index in [1.807, 2.05) is 48.2 Å². The minimum atomic E-state index is 0.104. The molecule has 1 aliphatic heterocycles. The van der Waals surface area contributed by atoms with Crippen LogP contribution in [0.25, 0.3) is 10.8 Å². The molecule has 0 aromatic heterocycles. The fraction of sp³-hybridized carbons (Fsp3) is 0.421. The zero-order valence-corrected chi connectivity index (χ0v) is 13.3. The van der Waals surface area contributed by atoms with Crippen LogP contribution in [0.2, 0.25) is 0 Å². The maximum Gasteiger partial charge on any atom is 0.258 e. The van der Waals surface area contributed by atoms with E-state index >= 15 is 0 Å². The number of piperidine rings is 1. The summed E-state index contributed by atoms with van der Waals surface area (Å²) in [4.78, 5) is 15.2. The lowest BCUT2D eigenvalue weighted by Crippen LogP contribution is -2.42. The average Bonchev–Trinajstić information content (AvgIpc) is 2.55. The van der Waals surface area contributed by atoms with Crippen LogP contribution in [-0.4, -0.2) is 30.0 Å². The van der Waals surface area contributed by atoms with Gasteiger partial charge >= 0.3 is 0 Å². The van der Waals surface area contributed by atoms with Crippen molar-refractivity contribution in [2.75, 3.05) is 13.2 Å².